The van der Waals surface area contributed by atoms with Crippen LogP contribution in [0.3, 0.4) is 0 Å². The monoisotopic (exact) mass is 1050 g/mol. The van der Waals surface area contributed by atoms with Crippen molar-refractivity contribution >= 4 is 17.9 Å². The third-order valence-electron chi connectivity index (χ3n) is 12.9. The lowest BCUT2D eigenvalue weighted by atomic mass is 10.0. The summed E-state index contributed by atoms with van der Waals surface area (Å²) in [6.07, 6.45) is 89.0. The van der Waals surface area contributed by atoms with Crippen LogP contribution >= 0.6 is 0 Å². The number of rotatable bonds is 55. The first-order valence-corrected chi connectivity index (χ1v) is 31.2. The van der Waals surface area contributed by atoms with Crippen molar-refractivity contribution in [2.45, 2.75) is 277 Å². The summed E-state index contributed by atoms with van der Waals surface area (Å²) >= 11 is 0. The van der Waals surface area contributed by atoms with Gasteiger partial charge in [-0.05, 0) is 103 Å². The van der Waals surface area contributed by atoms with Gasteiger partial charge in [-0.2, -0.15) is 0 Å². The molecular weight excluding hydrogens is 937 g/mol. The van der Waals surface area contributed by atoms with E-state index in [0.717, 1.165) is 109 Å². The van der Waals surface area contributed by atoms with Crippen LogP contribution in [0.1, 0.15) is 271 Å². The number of hydrogen-bond donors (Lipinski definition) is 0. The highest BCUT2D eigenvalue weighted by Crippen LogP contribution is 2.15. The fourth-order valence-electron chi connectivity index (χ4n) is 8.32. The molecule has 0 radical (unpaired) electrons. The fraction of sp³-hybridized carbons (Fsp3) is 0.643. The molecule has 0 aliphatic heterocycles. The summed E-state index contributed by atoms with van der Waals surface area (Å²) in [5.41, 5.74) is 0. The Balaban J connectivity index is 4.39. The first-order chi connectivity index (χ1) is 37.5. The zero-order chi connectivity index (χ0) is 55.0. The van der Waals surface area contributed by atoms with Gasteiger partial charge in [-0.15, -0.1) is 0 Å². The van der Waals surface area contributed by atoms with E-state index in [4.69, 9.17) is 14.2 Å². The quantitative estimate of drug-likeness (QED) is 0.0261. The summed E-state index contributed by atoms with van der Waals surface area (Å²) < 4.78 is 16.8. The molecule has 0 amide bonds. The average Bonchev–Trinajstić information content (AvgIpc) is 3.42. The number of carbonyl (C=O) groups is 3. The molecule has 0 bridgehead atoms. The third kappa shape index (κ3) is 60.4. The number of allylic oxidation sites excluding steroid dienone is 22. The normalized spacial score (nSPS) is 13.0. The van der Waals surface area contributed by atoms with Gasteiger partial charge in [0.05, 0.1) is 0 Å². The van der Waals surface area contributed by atoms with Crippen LogP contribution in [-0.2, 0) is 28.6 Å². The topological polar surface area (TPSA) is 78.9 Å². The van der Waals surface area contributed by atoms with Gasteiger partial charge in [0.2, 0.25) is 0 Å². The van der Waals surface area contributed by atoms with E-state index < -0.39 is 12.1 Å². The highest BCUT2D eigenvalue weighted by molar-refractivity contribution is 5.71. The van der Waals surface area contributed by atoms with E-state index in [1.807, 2.05) is 6.08 Å². The van der Waals surface area contributed by atoms with Crippen LogP contribution in [0.2, 0.25) is 0 Å². The van der Waals surface area contributed by atoms with Gasteiger partial charge in [-0.3, -0.25) is 14.4 Å². The molecule has 0 rings (SSSR count). The molecule has 0 saturated carbocycles. The van der Waals surface area contributed by atoms with E-state index in [1.165, 1.54) is 116 Å². The Morgan fingerprint density at radius 1 is 0.276 bits per heavy atom. The van der Waals surface area contributed by atoms with Crippen LogP contribution in [0.25, 0.3) is 0 Å². The Morgan fingerprint density at radius 2 is 0.539 bits per heavy atom. The minimum absolute atomic E-state index is 0.110. The maximum atomic E-state index is 12.8. The van der Waals surface area contributed by atoms with Gasteiger partial charge in [-0.25, -0.2) is 0 Å². The van der Waals surface area contributed by atoms with Crippen molar-refractivity contribution in [2.75, 3.05) is 13.2 Å². The standard InChI is InChI=1S/C70H114O6/c1-4-7-10-13-16-19-22-25-27-29-31-32-33-34-35-36-37-38-40-41-43-45-48-51-54-57-60-63-69(72)75-66-67(65-74-68(71)62-59-56-53-50-47-24-21-18-15-12-9-6-3)76-70(73)64-61-58-55-52-49-46-44-42-39-30-28-26-23-20-17-14-11-8-5-2/h7-8,10-11,16-17,19-20,25-28,31-32,34-35,39,42,46,49,55,58,67H,4-6,9,12-15,18,21-24,29-30,33,36-38,40-41,43-45,47-48,50-54,56-57,59-66H2,1-3H3/b10-7-,11-8-,19-16-,20-17-,27-25-,28-26-,32-31-,35-34-,42-39-,49-46-,58-55-. The summed E-state index contributed by atoms with van der Waals surface area (Å²) in [6, 6.07) is 0. The van der Waals surface area contributed by atoms with Crippen LogP contribution in [0, 0.1) is 0 Å². The van der Waals surface area contributed by atoms with E-state index in [2.05, 4.69) is 148 Å². The Hall–Kier alpha value is -4.45. The molecule has 76 heavy (non-hydrogen) atoms. The lowest BCUT2D eigenvalue weighted by molar-refractivity contribution is -0.166. The van der Waals surface area contributed by atoms with Gasteiger partial charge < -0.3 is 14.2 Å². The second kappa shape index (κ2) is 63.1. The van der Waals surface area contributed by atoms with Crippen LogP contribution in [0.4, 0.5) is 0 Å². The molecule has 0 aromatic carbocycles. The molecule has 0 N–H and O–H groups in total. The van der Waals surface area contributed by atoms with Crippen LogP contribution in [-0.4, -0.2) is 37.2 Å². The molecule has 0 spiro atoms. The number of hydrogen-bond acceptors (Lipinski definition) is 6. The van der Waals surface area contributed by atoms with Crippen molar-refractivity contribution in [2.24, 2.45) is 0 Å². The van der Waals surface area contributed by atoms with Crippen molar-refractivity contribution in [1.82, 2.24) is 0 Å². The van der Waals surface area contributed by atoms with E-state index in [1.54, 1.807) is 0 Å². The highest BCUT2D eigenvalue weighted by atomic mass is 16.6. The molecular formula is C70H114O6. The van der Waals surface area contributed by atoms with Gasteiger partial charge in [-0.1, -0.05) is 283 Å². The minimum Gasteiger partial charge on any atom is -0.462 e. The lowest BCUT2D eigenvalue weighted by Crippen LogP contribution is -2.30. The fourth-order valence-corrected chi connectivity index (χ4v) is 8.32. The van der Waals surface area contributed by atoms with Crippen molar-refractivity contribution < 1.29 is 28.6 Å². The van der Waals surface area contributed by atoms with Crippen molar-refractivity contribution in [3.8, 4) is 0 Å². The molecule has 0 aromatic rings. The third-order valence-corrected chi connectivity index (χ3v) is 12.9. The molecule has 0 saturated heterocycles. The minimum atomic E-state index is -0.823. The first-order valence-electron chi connectivity index (χ1n) is 31.2. The summed E-state index contributed by atoms with van der Waals surface area (Å²) in [6.45, 7) is 6.35. The van der Waals surface area contributed by atoms with E-state index >= 15 is 0 Å². The lowest BCUT2D eigenvalue weighted by Gasteiger charge is -2.18. The van der Waals surface area contributed by atoms with E-state index in [9.17, 15) is 14.4 Å². The van der Waals surface area contributed by atoms with E-state index in [-0.39, 0.29) is 31.6 Å². The van der Waals surface area contributed by atoms with Crippen molar-refractivity contribution in [3.63, 3.8) is 0 Å². The maximum Gasteiger partial charge on any atom is 0.306 e. The zero-order valence-electron chi connectivity index (χ0n) is 49.2. The predicted octanol–water partition coefficient (Wildman–Crippen LogP) is 21.4. The second-order valence-electron chi connectivity index (χ2n) is 20.2. The SMILES string of the molecule is CC/C=C\C/C=C\C/C=C\C/C=C\C/C=C\C/C=C\CCC(=O)OC(COC(=O)CCCCCCCCCCCCCC)COC(=O)CCCCCCCCCCCCC/C=C\C/C=C\C/C=C\C/C=C\C/C=C\CC. The highest BCUT2D eigenvalue weighted by Gasteiger charge is 2.19. The zero-order valence-corrected chi connectivity index (χ0v) is 49.2. The van der Waals surface area contributed by atoms with Crippen LogP contribution in [0.15, 0.2) is 134 Å². The Kier molecular flexibility index (Phi) is 59.4. The molecule has 0 aliphatic rings. The van der Waals surface area contributed by atoms with Crippen LogP contribution < -0.4 is 0 Å². The van der Waals surface area contributed by atoms with Gasteiger partial charge in [0.15, 0.2) is 6.10 Å². The van der Waals surface area contributed by atoms with Crippen LogP contribution in [0.5, 0.6) is 0 Å². The number of carbonyl (C=O) groups excluding carboxylic acids is 3. The summed E-state index contributed by atoms with van der Waals surface area (Å²) in [7, 11) is 0. The number of esters is 3. The predicted molar refractivity (Wildman–Crippen MR) is 329 cm³/mol. The molecule has 0 aliphatic carbocycles. The number of unbranched alkanes of at least 4 members (excludes halogenated alkanes) is 22. The largest absolute Gasteiger partial charge is 0.462 e. The Morgan fingerprint density at radius 3 is 0.855 bits per heavy atom. The first kappa shape index (κ1) is 71.5. The summed E-state index contributed by atoms with van der Waals surface area (Å²) in [5, 5.41) is 0. The maximum absolute atomic E-state index is 12.8. The molecule has 0 fully saturated rings. The summed E-state index contributed by atoms with van der Waals surface area (Å²) in [4.78, 5) is 38.2. The summed E-state index contributed by atoms with van der Waals surface area (Å²) in [5.74, 6) is -0.997. The molecule has 1 atom stereocenters. The smallest absolute Gasteiger partial charge is 0.306 e. The molecule has 0 heterocycles. The Bertz CT molecular complexity index is 1630. The molecule has 1 unspecified atom stereocenters. The molecule has 0 aromatic heterocycles. The van der Waals surface area contributed by atoms with Gasteiger partial charge in [0.1, 0.15) is 13.2 Å². The van der Waals surface area contributed by atoms with Gasteiger partial charge >= 0.3 is 17.9 Å². The molecule has 430 valence electrons. The van der Waals surface area contributed by atoms with Crippen molar-refractivity contribution in [3.05, 3.63) is 134 Å². The number of ether oxygens (including phenoxy) is 3. The second-order valence-corrected chi connectivity index (χ2v) is 20.2. The van der Waals surface area contributed by atoms with E-state index in [0.29, 0.717) is 19.3 Å². The molecule has 6 nitrogen and oxygen atoms in total. The average molecular weight is 1050 g/mol. The Labute approximate surface area is 468 Å². The van der Waals surface area contributed by atoms with Gasteiger partial charge in [0, 0.05) is 19.3 Å². The van der Waals surface area contributed by atoms with Gasteiger partial charge in [0.25, 0.3) is 0 Å². The van der Waals surface area contributed by atoms with Crippen molar-refractivity contribution in [1.29, 1.82) is 0 Å². The molecule has 6 heteroatoms.